The Bertz CT molecular complexity index is 1030. The van der Waals surface area contributed by atoms with Crippen molar-refractivity contribution in [2.45, 2.75) is 17.1 Å². The average molecular weight is 405 g/mol. The number of nitrogens with zero attached hydrogens (tertiary/aromatic N) is 2. The maximum atomic E-state index is 12.6. The summed E-state index contributed by atoms with van der Waals surface area (Å²) in [5.74, 6) is 0.296. The maximum absolute atomic E-state index is 12.6. The smallest absolute Gasteiger partial charge is 0.242 e. The number of para-hydroxylation sites is 1. The molecule has 1 amide bonds. The van der Waals surface area contributed by atoms with Crippen LogP contribution in [0.25, 0.3) is 5.69 Å². The predicted octanol–water partition coefficient (Wildman–Crippen LogP) is 4.86. The SMILES string of the molecule is Cc1nn(-c2ccc(Cl)c(Cl)c2)c(N)c1C1Sc2ccccc2NC1=O. The Morgan fingerprint density at radius 1 is 1.19 bits per heavy atom. The molecule has 0 saturated heterocycles. The van der Waals surface area contributed by atoms with Crippen LogP contribution in [-0.2, 0) is 4.79 Å². The minimum absolute atomic E-state index is 0.114. The molecule has 8 heteroatoms. The average Bonchev–Trinajstić information content (AvgIpc) is 2.91. The lowest BCUT2D eigenvalue weighted by molar-refractivity contribution is -0.115. The summed E-state index contributed by atoms with van der Waals surface area (Å²) in [6, 6.07) is 12.8. The number of nitrogens with one attached hydrogen (secondary N) is 1. The minimum Gasteiger partial charge on any atom is -0.383 e. The first kappa shape index (κ1) is 17.3. The van der Waals surface area contributed by atoms with Crippen LogP contribution in [0.4, 0.5) is 11.5 Å². The van der Waals surface area contributed by atoms with Crippen LogP contribution in [-0.4, -0.2) is 15.7 Å². The molecule has 3 aromatic rings. The summed E-state index contributed by atoms with van der Waals surface area (Å²) in [6.45, 7) is 1.84. The van der Waals surface area contributed by atoms with Gasteiger partial charge < -0.3 is 11.1 Å². The predicted molar refractivity (Wildman–Crippen MR) is 106 cm³/mol. The Balaban J connectivity index is 1.78. The molecule has 3 N–H and O–H groups in total. The van der Waals surface area contributed by atoms with Gasteiger partial charge in [0.05, 0.1) is 27.1 Å². The third kappa shape index (κ3) is 2.84. The summed E-state index contributed by atoms with van der Waals surface area (Å²) < 4.78 is 1.58. The standard InChI is InChI=1S/C18H14Cl2N4OS/c1-9-15(16-18(25)22-13-4-2-3-5-14(13)26-16)17(21)24(23-9)10-6-7-11(19)12(20)8-10/h2-8,16H,21H2,1H3,(H,22,25). The molecule has 0 aliphatic carbocycles. The van der Waals surface area contributed by atoms with E-state index in [0.29, 0.717) is 32.8 Å². The van der Waals surface area contributed by atoms with Gasteiger partial charge in [-0.25, -0.2) is 4.68 Å². The summed E-state index contributed by atoms with van der Waals surface area (Å²) in [4.78, 5) is 13.6. The summed E-state index contributed by atoms with van der Waals surface area (Å²) >= 11 is 13.6. The largest absolute Gasteiger partial charge is 0.383 e. The van der Waals surface area contributed by atoms with Gasteiger partial charge in [0.2, 0.25) is 5.91 Å². The minimum atomic E-state index is -0.471. The zero-order valence-corrected chi connectivity index (χ0v) is 16.0. The van der Waals surface area contributed by atoms with Gasteiger partial charge in [-0.1, -0.05) is 35.3 Å². The summed E-state index contributed by atoms with van der Waals surface area (Å²) in [7, 11) is 0. The molecule has 0 fully saturated rings. The molecule has 0 bridgehead atoms. The van der Waals surface area contributed by atoms with Crippen LogP contribution in [0.3, 0.4) is 0 Å². The number of hydrogen-bond acceptors (Lipinski definition) is 4. The van der Waals surface area contributed by atoms with Gasteiger partial charge in [0.1, 0.15) is 11.1 Å². The van der Waals surface area contributed by atoms with Crippen molar-refractivity contribution in [3.63, 3.8) is 0 Å². The molecule has 132 valence electrons. The Morgan fingerprint density at radius 3 is 2.73 bits per heavy atom. The quantitative estimate of drug-likeness (QED) is 0.639. The van der Waals surface area contributed by atoms with Crippen LogP contribution < -0.4 is 11.1 Å². The number of carbonyl (C=O) groups is 1. The van der Waals surface area contributed by atoms with Crippen molar-refractivity contribution < 1.29 is 4.79 Å². The number of nitrogen functional groups attached to an aromatic ring is 1. The highest BCUT2D eigenvalue weighted by Gasteiger charge is 2.33. The first-order chi connectivity index (χ1) is 12.5. The number of aromatic nitrogens is 2. The maximum Gasteiger partial charge on any atom is 0.242 e. The van der Waals surface area contributed by atoms with Gasteiger partial charge in [-0.3, -0.25) is 4.79 Å². The molecule has 1 aliphatic heterocycles. The first-order valence-electron chi connectivity index (χ1n) is 7.82. The first-order valence-corrected chi connectivity index (χ1v) is 9.46. The summed E-state index contributed by atoms with van der Waals surface area (Å²) in [6.07, 6.45) is 0. The van der Waals surface area contributed by atoms with E-state index in [1.165, 1.54) is 11.8 Å². The molecule has 1 aliphatic rings. The number of halogens is 2. The van der Waals surface area contributed by atoms with Crippen molar-refractivity contribution in [3.05, 3.63) is 63.8 Å². The highest BCUT2D eigenvalue weighted by molar-refractivity contribution is 8.00. The molecule has 5 nitrogen and oxygen atoms in total. The van der Waals surface area contributed by atoms with Gasteiger partial charge in [0, 0.05) is 10.5 Å². The van der Waals surface area contributed by atoms with Gasteiger partial charge in [-0.05, 0) is 37.3 Å². The van der Waals surface area contributed by atoms with Gasteiger partial charge in [-0.2, -0.15) is 5.10 Å². The molecule has 2 heterocycles. The third-order valence-electron chi connectivity index (χ3n) is 4.18. The van der Waals surface area contributed by atoms with Gasteiger partial charge in [0.25, 0.3) is 0 Å². The van der Waals surface area contributed by atoms with E-state index >= 15 is 0 Å². The highest BCUT2D eigenvalue weighted by Crippen LogP contribution is 2.46. The molecule has 26 heavy (non-hydrogen) atoms. The molecule has 4 rings (SSSR count). The topological polar surface area (TPSA) is 72.9 Å². The van der Waals surface area contributed by atoms with Gasteiger partial charge >= 0.3 is 0 Å². The van der Waals surface area contributed by atoms with Crippen molar-refractivity contribution >= 4 is 52.4 Å². The second-order valence-corrected chi connectivity index (χ2v) is 7.84. The lowest BCUT2D eigenvalue weighted by Crippen LogP contribution is -2.24. The fraction of sp³-hybridized carbons (Fsp3) is 0.111. The number of rotatable bonds is 2. The normalized spacial score (nSPS) is 16.3. The number of thioether (sulfide) groups is 1. The Kier molecular flexibility index (Phi) is 4.34. The molecule has 1 atom stereocenters. The lowest BCUT2D eigenvalue weighted by Gasteiger charge is -2.24. The van der Waals surface area contributed by atoms with Crippen molar-refractivity contribution in [3.8, 4) is 5.69 Å². The van der Waals surface area contributed by atoms with E-state index in [1.54, 1.807) is 22.9 Å². The van der Waals surface area contributed by atoms with Crippen molar-refractivity contribution in [1.29, 1.82) is 0 Å². The molecular formula is C18H14Cl2N4OS. The molecular weight excluding hydrogens is 391 g/mol. The van der Waals surface area contributed by atoms with E-state index in [9.17, 15) is 4.79 Å². The number of aryl methyl sites for hydroxylation is 1. The van der Waals surface area contributed by atoms with E-state index in [1.807, 2.05) is 31.2 Å². The molecule has 0 spiro atoms. The van der Waals surface area contributed by atoms with Crippen LogP contribution in [0.15, 0.2) is 47.4 Å². The van der Waals surface area contributed by atoms with Crippen LogP contribution in [0, 0.1) is 6.92 Å². The molecule has 1 unspecified atom stereocenters. The number of amides is 1. The van der Waals surface area contributed by atoms with Crippen LogP contribution in [0.1, 0.15) is 16.5 Å². The van der Waals surface area contributed by atoms with E-state index in [4.69, 9.17) is 28.9 Å². The second-order valence-electron chi connectivity index (χ2n) is 5.88. The second kappa shape index (κ2) is 6.54. The lowest BCUT2D eigenvalue weighted by atomic mass is 10.1. The zero-order chi connectivity index (χ0) is 18.4. The van der Waals surface area contributed by atoms with E-state index in [0.717, 1.165) is 10.6 Å². The summed E-state index contributed by atoms with van der Waals surface area (Å²) in [5.41, 5.74) is 9.27. The molecule has 0 saturated carbocycles. The molecule has 1 aromatic heterocycles. The Labute approximate surface area is 164 Å². The number of anilines is 2. The third-order valence-corrected chi connectivity index (χ3v) is 6.22. The Morgan fingerprint density at radius 2 is 1.96 bits per heavy atom. The Hall–Kier alpha value is -2.15. The number of nitrogens with two attached hydrogens (primary N) is 1. The van der Waals surface area contributed by atoms with Crippen LogP contribution >= 0.6 is 35.0 Å². The summed E-state index contributed by atoms with van der Waals surface area (Å²) in [5, 5.41) is 7.85. The zero-order valence-electron chi connectivity index (χ0n) is 13.7. The van der Waals surface area contributed by atoms with Gasteiger partial charge in [-0.15, -0.1) is 11.8 Å². The van der Waals surface area contributed by atoms with E-state index in [-0.39, 0.29) is 5.91 Å². The van der Waals surface area contributed by atoms with Crippen LogP contribution in [0.5, 0.6) is 0 Å². The van der Waals surface area contributed by atoms with E-state index < -0.39 is 5.25 Å². The number of hydrogen-bond donors (Lipinski definition) is 2. The van der Waals surface area contributed by atoms with Crippen molar-refractivity contribution in [2.75, 3.05) is 11.1 Å². The monoisotopic (exact) mass is 404 g/mol. The number of carbonyl (C=O) groups excluding carboxylic acids is 1. The fourth-order valence-corrected chi connectivity index (χ4v) is 4.46. The van der Waals surface area contributed by atoms with Crippen LogP contribution in [0.2, 0.25) is 10.0 Å². The number of benzene rings is 2. The molecule has 2 aromatic carbocycles. The van der Waals surface area contributed by atoms with Crippen molar-refractivity contribution in [2.24, 2.45) is 0 Å². The van der Waals surface area contributed by atoms with Crippen molar-refractivity contribution in [1.82, 2.24) is 9.78 Å². The molecule has 0 radical (unpaired) electrons. The fourth-order valence-electron chi connectivity index (χ4n) is 2.94. The van der Waals surface area contributed by atoms with E-state index in [2.05, 4.69) is 10.4 Å². The highest BCUT2D eigenvalue weighted by atomic mass is 35.5. The van der Waals surface area contributed by atoms with Gasteiger partial charge in [0.15, 0.2) is 0 Å². The number of fused-ring (bicyclic) bond motifs is 1.